The smallest absolute Gasteiger partial charge is 0.277 e. The molecule has 0 aliphatic rings. The van der Waals surface area contributed by atoms with Crippen molar-refractivity contribution in [1.82, 2.24) is 49.0 Å². The number of pyridine rings is 6. The highest BCUT2D eigenvalue weighted by Gasteiger charge is 2.24. The molecule has 0 aromatic carbocycles. The highest BCUT2D eigenvalue weighted by atomic mass is 35.5. The summed E-state index contributed by atoms with van der Waals surface area (Å²) in [6, 6.07) is 10.6. The number of hydrogen-bond acceptors (Lipinski definition) is 14. The summed E-state index contributed by atoms with van der Waals surface area (Å²) in [7, 11) is 0. The van der Waals surface area contributed by atoms with Gasteiger partial charge in [0.2, 0.25) is 0 Å². The first-order valence-electron chi connectivity index (χ1n) is 22.5. The molecule has 8 rings (SSSR count). The van der Waals surface area contributed by atoms with Crippen LogP contribution in [0.15, 0.2) is 95.3 Å². The Bertz CT molecular complexity index is 3600. The molecule has 16 nitrogen and oxygen atoms in total. The summed E-state index contributed by atoms with van der Waals surface area (Å²) in [5.41, 5.74) is 0.0660. The van der Waals surface area contributed by atoms with Gasteiger partial charge in [0, 0.05) is 60.4 Å². The summed E-state index contributed by atoms with van der Waals surface area (Å²) in [5.74, 6) is -3.80. The van der Waals surface area contributed by atoms with Crippen LogP contribution in [0, 0.1) is 51.0 Å². The second-order valence-electron chi connectivity index (χ2n) is 17.1. The van der Waals surface area contributed by atoms with Gasteiger partial charge in [-0.15, -0.1) is 0 Å². The van der Waals surface area contributed by atoms with Gasteiger partial charge in [-0.1, -0.05) is 23.2 Å². The zero-order valence-corrected chi connectivity index (χ0v) is 41.1. The minimum Gasteiger partial charge on any atom is -0.485 e. The van der Waals surface area contributed by atoms with E-state index in [9.17, 15) is 37.4 Å². The third kappa shape index (κ3) is 11.6. The lowest BCUT2D eigenvalue weighted by molar-refractivity contribution is 0.0683. The van der Waals surface area contributed by atoms with Crippen molar-refractivity contribution in [1.29, 1.82) is 0 Å². The van der Waals surface area contributed by atoms with Crippen molar-refractivity contribution in [2.24, 2.45) is 0 Å². The molecule has 8 aromatic heterocycles. The molecule has 0 saturated heterocycles. The Hall–Kier alpha value is -7.52. The van der Waals surface area contributed by atoms with Crippen LogP contribution in [0.1, 0.15) is 76.0 Å². The fourth-order valence-corrected chi connectivity index (χ4v) is 7.18. The zero-order valence-electron chi connectivity index (χ0n) is 41.6. The summed E-state index contributed by atoms with van der Waals surface area (Å²) >= 11 is 12.6. The average molecular weight is 1030 g/mol. The van der Waals surface area contributed by atoms with Crippen LogP contribution >= 0.6 is 23.2 Å². The normalized spacial score (nSPS) is 12.2. The van der Waals surface area contributed by atoms with Crippen molar-refractivity contribution in [3.05, 3.63) is 185 Å². The van der Waals surface area contributed by atoms with Crippen LogP contribution in [-0.2, 0) is 24.4 Å². The van der Waals surface area contributed by atoms with Crippen molar-refractivity contribution < 1.29 is 40.0 Å². The predicted molar refractivity (Wildman–Crippen MR) is 258 cm³/mol. The second-order valence-corrected chi connectivity index (χ2v) is 17.9. The molecule has 0 bridgehead atoms. The van der Waals surface area contributed by atoms with E-state index in [0.29, 0.717) is 75.0 Å². The topological polar surface area (TPSA) is 206 Å². The molecule has 8 aromatic rings. The van der Waals surface area contributed by atoms with Gasteiger partial charge in [0.1, 0.15) is 68.9 Å². The van der Waals surface area contributed by atoms with E-state index < -0.39 is 62.9 Å². The SMILES string of the molecule is Cc1cnc(-c2ccnc(C(C)(C)O)n2)cc1-n1c(C)cc(OCc2ncc(F)cc2F)c(Cl)c1=O.[2H]C([2H])(Oc1cc(C)n(-c2cc(-c3ccnc(C(C)(C)O)n3)ncc2C)c(=O)c1Cl)c1ncc(F)cc1F. The molecular weight excluding hydrogens is 984 g/mol. The number of nitrogens with zero attached hydrogens (tertiary/aromatic N) is 10. The molecule has 0 fully saturated rings. The van der Waals surface area contributed by atoms with E-state index in [1.807, 2.05) is 0 Å². The van der Waals surface area contributed by atoms with Crippen molar-refractivity contribution in [2.75, 3.05) is 0 Å². The Morgan fingerprint density at radius 1 is 0.583 bits per heavy atom. The first-order valence-corrected chi connectivity index (χ1v) is 22.2. The number of hydrogen-bond donors (Lipinski definition) is 2. The fraction of sp³-hybridized carbons (Fsp3) is 0.240. The maximum Gasteiger partial charge on any atom is 0.277 e. The van der Waals surface area contributed by atoms with Gasteiger partial charge in [-0.05, 0) is 90.8 Å². The Kier molecular flexibility index (Phi) is 14.5. The van der Waals surface area contributed by atoms with Crippen LogP contribution in [-0.4, -0.2) is 59.2 Å². The molecule has 0 atom stereocenters. The summed E-state index contributed by atoms with van der Waals surface area (Å²) in [4.78, 5) is 59.5. The Balaban J connectivity index is 0.000000217. The predicted octanol–water partition coefficient (Wildman–Crippen LogP) is 8.88. The van der Waals surface area contributed by atoms with Gasteiger partial charge in [-0.25, -0.2) is 37.5 Å². The number of rotatable bonds is 12. The minimum absolute atomic E-state index is 0.0403. The van der Waals surface area contributed by atoms with E-state index in [1.165, 1.54) is 27.6 Å². The van der Waals surface area contributed by atoms with Crippen LogP contribution in [0.5, 0.6) is 11.5 Å². The highest BCUT2D eigenvalue weighted by molar-refractivity contribution is 6.32. The molecular formula is C50H44Cl2F4N10O6. The Labute approximate surface area is 421 Å². The van der Waals surface area contributed by atoms with Gasteiger partial charge in [-0.3, -0.25) is 38.7 Å². The molecule has 0 spiro atoms. The van der Waals surface area contributed by atoms with Crippen LogP contribution < -0.4 is 20.6 Å². The first-order chi connectivity index (χ1) is 34.6. The second kappa shape index (κ2) is 21.1. The summed E-state index contributed by atoms with van der Waals surface area (Å²) < 4.78 is 84.1. The molecule has 372 valence electrons. The molecule has 0 aliphatic carbocycles. The average Bonchev–Trinajstić information content (AvgIpc) is 3.32. The first kappa shape index (κ1) is 49.5. The lowest BCUT2D eigenvalue weighted by atomic mass is 10.1. The lowest BCUT2D eigenvalue weighted by Crippen LogP contribution is -2.23. The lowest BCUT2D eigenvalue weighted by Gasteiger charge is -2.17. The van der Waals surface area contributed by atoms with E-state index in [4.69, 9.17) is 35.4 Å². The molecule has 8 heterocycles. The molecule has 0 unspecified atom stereocenters. The number of halogens is 6. The number of aryl methyl sites for hydroxylation is 4. The molecule has 22 heteroatoms. The molecule has 0 saturated carbocycles. The van der Waals surface area contributed by atoms with Crippen molar-refractivity contribution >= 4 is 23.2 Å². The third-order valence-corrected chi connectivity index (χ3v) is 11.2. The van der Waals surface area contributed by atoms with Gasteiger partial charge in [-0.2, -0.15) is 0 Å². The van der Waals surface area contributed by atoms with E-state index in [1.54, 1.807) is 98.1 Å². The molecule has 0 radical (unpaired) electrons. The van der Waals surface area contributed by atoms with Gasteiger partial charge in [0.25, 0.3) is 11.1 Å². The van der Waals surface area contributed by atoms with E-state index in [-0.39, 0.29) is 40.5 Å². The zero-order chi connectivity index (χ0) is 54.2. The van der Waals surface area contributed by atoms with Crippen LogP contribution in [0.3, 0.4) is 0 Å². The largest absolute Gasteiger partial charge is 0.485 e. The summed E-state index contributed by atoms with van der Waals surface area (Å²) in [5, 5.41) is 19.8. The molecule has 0 aliphatic heterocycles. The third-order valence-electron chi connectivity index (χ3n) is 10.5. The quantitative estimate of drug-likeness (QED) is 0.110. The van der Waals surface area contributed by atoms with E-state index >= 15 is 0 Å². The molecule has 72 heavy (non-hydrogen) atoms. The van der Waals surface area contributed by atoms with Crippen molar-refractivity contribution in [3.8, 4) is 45.6 Å². The van der Waals surface area contributed by atoms with Gasteiger partial charge < -0.3 is 19.7 Å². The van der Waals surface area contributed by atoms with Crippen LogP contribution in [0.2, 0.25) is 10.0 Å². The van der Waals surface area contributed by atoms with E-state index in [0.717, 1.165) is 6.20 Å². The summed E-state index contributed by atoms with van der Waals surface area (Å²) in [6.07, 6.45) is 7.68. The van der Waals surface area contributed by atoms with Gasteiger partial charge >= 0.3 is 0 Å². The maximum atomic E-state index is 14.2. The van der Waals surface area contributed by atoms with Gasteiger partial charge in [0.15, 0.2) is 23.3 Å². The van der Waals surface area contributed by atoms with Crippen molar-refractivity contribution in [2.45, 2.75) is 79.8 Å². The standard InChI is InChI=1S/2C25H22ClF2N5O3/c2*1-13-10-30-18(17-5-6-29-24(32-17)25(3,4)35)9-20(13)33-14(2)7-21(22(26)23(33)34)36-12-19-16(28)8-15(27)11-31-19/h2*5-11,35H,12H2,1-4H3/i12D2;. The Morgan fingerprint density at radius 3 is 1.42 bits per heavy atom. The minimum atomic E-state index is -2.86. The van der Waals surface area contributed by atoms with E-state index in [2.05, 4.69) is 39.9 Å². The van der Waals surface area contributed by atoms with Crippen LogP contribution in [0.25, 0.3) is 34.2 Å². The monoisotopic (exact) mass is 1030 g/mol. The number of aliphatic hydroxyl groups is 2. The fourth-order valence-electron chi connectivity index (χ4n) is 6.81. The van der Waals surface area contributed by atoms with Gasteiger partial charge in [0.05, 0.1) is 49.3 Å². The molecule has 2 N–H and O–H groups in total. The number of ether oxygens (including phenoxy) is 2. The maximum absolute atomic E-state index is 14.2. The molecule has 0 amide bonds. The summed E-state index contributed by atoms with van der Waals surface area (Å²) in [6.45, 7) is 9.86. The van der Waals surface area contributed by atoms with Crippen LogP contribution in [0.4, 0.5) is 17.6 Å². The Morgan fingerprint density at radius 2 is 1.00 bits per heavy atom. The highest BCUT2D eigenvalue weighted by Crippen LogP contribution is 2.30. The van der Waals surface area contributed by atoms with Crippen molar-refractivity contribution in [3.63, 3.8) is 0 Å². The number of aromatic nitrogens is 10.